The topological polar surface area (TPSA) is 97.0 Å². The van der Waals surface area contributed by atoms with Gasteiger partial charge >= 0.3 is 6.09 Å². The van der Waals surface area contributed by atoms with Crippen molar-refractivity contribution in [3.05, 3.63) is 29.8 Å². The van der Waals surface area contributed by atoms with Crippen LogP contribution in [0.3, 0.4) is 0 Å². The van der Waals surface area contributed by atoms with Crippen LogP contribution in [0.1, 0.15) is 58.4 Å². The minimum absolute atomic E-state index is 0.0989. The second-order valence-corrected chi connectivity index (χ2v) is 9.57. The molecule has 8 nitrogen and oxygen atoms in total. The molecule has 33 heavy (non-hydrogen) atoms. The lowest BCUT2D eigenvalue weighted by Gasteiger charge is -2.32. The molecular formula is C25H39N3O5. The number of carbonyl (C=O) groups excluding carboxylic acids is 3. The number of piperidine rings is 1. The van der Waals surface area contributed by atoms with Crippen LogP contribution in [0, 0.1) is 12.8 Å². The minimum atomic E-state index is -0.558. The van der Waals surface area contributed by atoms with Gasteiger partial charge in [0.05, 0.1) is 6.61 Å². The van der Waals surface area contributed by atoms with Crippen LogP contribution in [0.2, 0.25) is 0 Å². The molecule has 1 fully saturated rings. The van der Waals surface area contributed by atoms with Gasteiger partial charge in [-0.1, -0.05) is 17.7 Å². The molecule has 1 heterocycles. The predicted molar refractivity (Wildman–Crippen MR) is 127 cm³/mol. The first-order valence-corrected chi connectivity index (χ1v) is 11.8. The van der Waals surface area contributed by atoms with Crippen molar-refractivity contribution in [2.45, 2.75) is 65.4 Å². The smallest absolute Gasteiger partial charge is 0.407 e. The van der Waals surface area contributed by atoms with Gasteiger partial charge in [-0.25, -0.2) is 4.79 Å². The van der Waals surface area contributed by atoms with Crippen LogP contribution in [0.4, 0.5) is 4.79 Å². The molecule has 2 rings (SSSR count). The Hall–Kier alpha value is -2.77. The molecule has 8 heteroatoms. The number of hydrogen-bond acceptors (Lipinski definition) is 5. The lowest BCUT2D eigenvalue weighted by molar-refractivity contribution is -0.133. The Morgan fingerprint density at radius 3 is 2.33 bits per heavy atom. The Balaban J connectivity index is 1.53. The largest absolute Gasteiger partial charge is 0.494 e. The molecule has 184 valence electrons. The van der Waals surface area contributed by atoms with E-state index in [1.54, 1.807) is 20.8 Å². The van der Waals surface area contributed by atoms with Gasteiger partial charge in [0.25, 0.3) is 0 Å². The number of amides is 3. The van der Waals surface area contributed by atoms with Crippen molar-refractivity contribution in [1.82, 2.24) is 15.5 Å². The van der Waals surface area contributed by atoms with E-state index in [1.165, 1.54) is 5.56 Å². The highest BCUT2D eigenvalue weighted by Crippen LogP contribution is 2.18. The number of ether oxygens (including phenoxy) is 2. The first-order valence-electron chi connectivity index (χ1n) is 11.8. The molecule has 3 amide bonds. The summed E-state index contributed by atoms with van der Waals surface area (Å²) >= 11 is 0. The minimum Gasteiger partial charge on any atom is -0.494 e. The first kappa shape index (κ1) is 26.5. The van der Waals surface area contributed by atoms with Gasteiger partial charge in [0, 0.05) is 39.0 Å². The maximum absolute atomic E-state index is 12.4. The van der Waals surface area contributed by atoms with Crippen molar-refractivity contribution in [3.63, 3.8) is 0 Å². The quantitative estimate of drug-likeness (QED) is 0.521. The molecule has 1 aliphatic heterocycles. The Labute approximate surface area is 197 Å². The van der Waals surface area contributed by atoms with Crippen LogP contribution in [0.25, 0.3) is 0 Å². The zero-order valence-electron chi connectivity index (χ0n) is 20.4. The fourth-order valence-electron chi connectivity index (χ4n) is 3.53. The van der Waals surface area contributed by atoms with Crippen molar-refractivity contribution >= 4 is 17.9 Å². The summed E-state index contributed by atoms with van der Waals surface area (Å²) in [7, 11) is 0. The summed E-state index contributed by atoms with van der Waals surface area (Å²) in [5.41, 5.74) is 0.633. The van der Waals surface area contributed by atoms with E-state index in [2.05, 4.69) is 10.6 Å². The molecular weight excluding hydrogens is 422 g/mol. The molecule has 1 saturated heterocycles. The number of aryl methyl sites for hydroxylation is 1. The highest BCUT2D eigenvalue weighted by Gasteiger charge is 2.23. The van der Waals surface area contributed by atoms with Crippen LogP contribution in [0.15, 0.2) is 24.3 Å². The number of nitrogens with zero attached hydrogens (tertiary/aromatic N) is 1. The summed E-state index contributed by atoms with van der Waals surface area (Å²) in [6.07, 6.45) is 2.62. The highest BCUT2D eigenvalue weighted by atomic mass is 16.6. The lowest BCUT2D eigenvalue weighted by atomic mass is 9.96. The van der Waals surface area contributed by atoms with Crippen LogP contribution < -0.4 is 15.4 Å². The molecule has 0 aliphatic carbocycles. The molecule has 2 N–H and O–H groups in total. The van der Waals surface area contributed by atoms with Crippen LogP contribution in [-0.4, -0.2) is 61.2 Å². The summed E-state index contributed by atoms with van der Waals surface area (Å²) in [4.78, 5) is 38.0. The monoisotopic (exact) mass is 461 g/mol. The van der Waals surface area contributed by atoms with E-state index >= 15 is 0 Å². The third-order valence-electron chi connectivity index (χ3n) is 5.40. The van der Waals surface area contributed by atoms with E-state index in [0.29, 0.717) is 31.9 Å². The van der Waals surface area contributed by atoms with E-state index in [-0.39, 0.29) is 24.8 Å². The Kier molecular flexibility index (Phi) is 10.5. The number of rotatable bonds is 10. The summed E-state index contributed by atoms with van der Waals surface area (Å²) in [5, 5.41) is 5.51. The Morgan fingerprint density at radius 2 is 1.70 bits per heavy atom. The number of alkyl carbamates (subject to hydrolysis) is 1. The molecule has 0 atom stereocenters. The molecule has 0 saturated carbocycles. The molecule has 0 aromatic heterocycles. The molecule has 1 aromatic carbocycles. The van der Waals surface area contributed by atoms with E-state index in [1.807, 2.05) is 36.1 Å². The van der Waals surface area contributed by atoms with E-state index < -0.39 is 11.7 Å². The van der Waals surface area contributed by atoms with Gasteiger partial charge in [-0.3, -0.25) is 9.59 Å². The molecule has 0 radical (unpaired) electrons. The van der Waals surface area contributed by atoms with Crippen molar-refractivity contribution in [3.8, 4) is 5.75 Å². The maximum atomic E-state index is 12.4. The van der Waals surface area contributed by atoms with Gasteiger partial charge in [0.15, 0.2) is 0 Å². The van der Waals surface area contributed by atoms with Gasteiger partial charge < -0.3 is 25.0 Å². The van der Waals surface area contributed by atoms with Gasteiger partial charge in [-0.15, -0.1) is 0 Å². The fourth-order valence-corrected chi connectivity index (χ4v) is 3.53. The van der Waals surface area contributed by atoms with Crippen LogP contribution >= 0.6 is 0 Å². The maximum Gasteiger partial charge on any atom is 0.407 e. The predicted octanol–water partition coefficient (Wildman–Crippen LogP) is 3.42. The normalized spacial score (nSPS) is 14.5. The zero-order chi connectivity index (χ0) is 24.3. The average Bonchev–Trinajstić information content (AvgIpc) is 2.75. The Bertz CT molecular complexity index is 765. The second kappa shape index (κ2) is 13.1. The number of hydrogen-bond donors (Lipinski definition) is 2. The Morgan fingerprint density at radius 1 is 1.03 bits per heavy atom. The van der Waals surface area contributed by atoms with Crippen LogP contribution in [-0.2, 0) is 14.3 Å². The van der Waals surface area contributed by atoms with Crippen LogP contribution in [0.5, 0.6) is 5.75 Å². The SMILES string of the molecule is Cc1ccc(OCCCC(=O)N2CCC(CNC(=O)CCNC(=O)OC(C)(C)C)CC2)cc1. The zero-order valence-corrected chi connectivity index (χ0v) is 20.4. The molecule has 1 aliphatic rings. The van der Waals surface area contributed by atoms with Crippen molar-refractivity contribution in [2.24, 2.45) is 5.92 Å². The number of likely N-dealkylation sites (tertiary alicyclic amines) is 1. The molecule has 1 aromatic rings. The van der Waals surface area contributed by atoms with E-state index in [4.69, 9.17) is 9.47 Å². The van der Waals surface area contributed by atoms with Crippen molar-refractivity contribution in [1.29, 1.82) is 0 Å². The average molecular weight is 462 g/mol. The number of benzene rings is 1. The summed E-state index contributed by atoms with van der Waals surface area (Å²) in [6, 6.07) is 7.90. The first-order chi connectivity index (χ1) is 15.6. The number of carbonyl (C=O) groups is 3. The fraction of sp³-hybridized carbons (Fsp3) is 0.640. The summed E-state index contributed by atoms with van der Waals surface area (Å²) in [6.45, 7) is 10.2. The van der Waals surface area contributed by atoms with Crippen molar-refractivity contribution in [2.75, 3.05) is 32.8 Å². The second-order valence-electron chi connectivity index (χ2n) is 9.57. The number of nitrogens with one attached hydrogen (secondary N) is 2. The van der Waals surface area contributed by atoms with Gasteiger partial charge in [-0.05, 0) is 65.0 Å². The van der Waals surface area contributed by atoms with Gasteiger partial charge in [-0.2, -0.15) is 0 Å². The van der Waals surface area contributed by atoms with Gasteiger partial charge in [0.1, 0.15) is 11.4 Å². The van der Waals surface area contributed by atoms with Crippen molar-refractivity contribution < 1.29 is 23.9 Å². The molecule has 0 bridgehead atoms. The van der Waals surface area contributed by atoms with Gasteiger partial charge in [0.2, 0.25) is 11.8 Å². The lowest BCUT2D eigenvalue weighted by Crippen LogP contribution is -2.42. The summed E-state index contributed by atoms with van der Waals surface area (Å²) in [5.74, 6) is 1.26. The standard InChI is InChI=1S/C25H39N3O5/c1-19-7-9-21(10-8-19)32-17-5-6-23(30)28-15-12-20(13-16-28)18-27-22(29)11-14-26-24(31)33-25(2,3)4/h7-10,20H,5-6,11-18H2,1-4H3,(H,26,31)(H,27,29). The highest BCUT2D eigenvalue weighted by molar-refractivity contribution is 5.77. The van der Waals surface area contributed by atoms with E-state index in [9.17, 15) is 14.4 Å². The molecule has 0 unspecified atom stereocenters. The molecule has 0 spiro atoms. The summed E-state index contributed by atoms with van der Waals surface area (Å²) < 4.78 is 10.8. The third-order valence-corrected chi connectivity index (χ3v) is 5.40. The van der Waals surface area contributed by atoms with E-state index in [0.717, 1.165) is 31.7 Å². The third kappa shape index (κ3) is 11.1.